The molecule has 0 aromatic carbocycles. The molecular formula is C11H24IN3S. The van der Waals surface area contributed by atoms with Crippen molar-refractivity contribution in [2.75, 3.05) is 38.2 Å². The summed E-state index contributed by atoms with van der Waals surface area (Å²) in [6.07, 6.45) is 5.96. The third kappa shape index (κ3) is 6.18. The van der Waals surface area contributed by atoms with Crippen LogP contribution in [0, 0.1) is 0 Å². The summed E-state index contributed by atoms with van der Waals surface area (Å²) in [6, 6.07) is 0. The standard InChI is InChI=1S/C11H23N3S.HI/c1-3-12-11(13-7-6-10-15-2)14-8-4-5-9-14;/h3-10H2,1-2H3,(H,12,13);1H. The molecule has 0 spiro atoms. The number of nitrogens with zero attached hydrogens (tertiary/aromatic N) is 2. The van der Waals surface area contributed by atoms with Gasteiger partial charge in [0.2, 0.25) is 0 Å². The number of rotatable bonds is 5. The average molecular weight is 357 g/mol. The van der Waals surface area contributed by atoms with Gasteiger partial charge in [-0.3, -0.25) is 4.99 Å². The lowest BCUT2D eigenvalue weighted by Crippen LogP contribution is -2.39. The molecule has 0 saturated carbocycles. The molecule has 0 aliphatic carbocycles. The fourth-order valence-corrected chi connectivity index (χ4v) is 2.17. The van der Waals surface area contributed by atoms with Gasteiger partial charge in [0.15, 0.2) is 5.96 Å². The van der Waals surface area contributed by atoms with Crippen molar-refractivity contribution in [2.45, 2.75) is 26.2 Å². The molecule has 0 aromatic heterocycles. The molecule has 3 nitrogen and oxygen atoms in total. The maximum absolute atomic E-state index is 4.65. The zero-order valence-electron chi connectivity index (χ0n) is 10.4. The Morgan fingerprint density at radius 2 is 2.06 bits per heavy atom. The summed E-state index contributed by atoms with van der Waals surface area (Å²) in [6.45, 7) is 6.41. The summed E-state index contributed by atoms with van der Waals surface area (Å²) in [5.74, 6) is 2.33. The highest BCUT2D eigenvalue weighted by Gasteiger charge is 2.14. The highest BCUT2D eigenvalue weighted by atomic mass is 127. The molecule has 96 valence electrons. The van der Waals surface area contributed by atoms with Gasteiger partial charge in [-0.25, -0.2) is 0 Å². The second-order valence-corrected chi connectivity index (χ2v) is 4.76. The maximum Gasteiger partial charge on any atom is 0.193 e. The molecule has 0 aromatic rings. The molecule has 1 aliphatic heterocycles. The van der Waals surface area contributed by atoms with Crippen molar-refractivity contribution in [3.63, 3.8) is 0 Å². The van der Waals surface area contributed by atoms with Gasteiger partial charge in [-0.05, 0) is 38.2 Å². The Morgan fingerprint density at radius 1 is 1.38 bits per heavy atom. The highest BCUT2D eigenvalue weighted by Crippen LogP contribution is 2.07. The smallest absolute Gasteiger partial charge is 0.193 e. The van der Waals surface area contributed by atoms with Gasteiger partial charge in [-0.1, -0.05) is 0 Å². The molecule has 1 heterocycles. The summed E-state index contributed by atoms with van der Waals surface area (Å²) >= 11 is 1.90. The highest BCUT2D eigenvalue weighted by molar-refractivity contribution is 14.0. The van der Waals surface area contributed by atoms with Gasteiger partial charge in [-0.2, -0.15) is 11.8 Å². The molecule has 1 rings (SSSR count). The van der Waals surface area contributed by atoms with E-state index < -0.39 is 0 Å². The number of aliphatic imine (C=N–C) groups is 1. The van der Waals surface area contributed by atoms with Gasteiger partial charge in [0.1, 0.15) is 0 Å². The Balaban J connectivity index is 0.00000225. The van der Waals surface area contributed by atoms with E-state index in [0.29, 0.717) is 0 Å². The van der Waals surface area contributed by atoms with Gasteiger partial charge in [0, 0.05) is 26.2 Å². The van der Waals surface area contributed by atoms with Gasteiger partial charge < -0.3 is 10.2 Å². The van der Waals surface area contributed by atoms with Gasteiger partial charge >= 0.3 is 0 Å². The van der Waals surface area contributed by atoms with E-state index >= 15 is 0 Å². The molecule has 1 fully saturated rings. The Labute approximate surface area is 121 Å². The quantitative estimate of drug-likeness (QED) is 0.354. The number of thioether (sulfide) groups is 1. The molecule has 1 aliphatic rings. The third-order valence-electron chi connectivity index (χ3n) is 2.51. The second-order valence-electron chi connectivity index (χ2n) is 3.78. The predicted molar refractivity (Wildman–Crippen MR) is 85.2 cm³/mol. The zero-order chi connectivity index (χ0) is 10.9. The van der Waals surface area contributed by atoms with Crippen LogP contribution < -0.4 is 5.32 Å². The van der Waals surface area contributed by atoms with Crippen LogP contribution in [0.3, 0.4) is 0 Å². The van der Waals surface area contributed by atoms with Crippen molar-refractivity contribution in [3.8, 4) is 0 Å². The minimum atomic E-state index is 0. The van der Waals surface area contributed by atoms with Crippen LogP contribution in [-0.4, -0.2) is 49.0 Å². The fourth-order valence-electron chi connectivity index (χ4n) is 1.75. The van der Waals surface area contributed by atoms with Crippen LogP contribution in [0.1, 0.15) is 26.2 Å². The Kier molecular flexibility index (Phi) is 10.7. The van der Waals surface area contributed by atoms with Crippen molar-refractivity contribution in [2.24, 2.45) is 4.99 Å². The van der Waals surface area contributed by atoms with E-state index in [9.17, 15) is 0 Å². The Morgan fingerprint density at radius 3 is 2.62 bits per heavy atom. The van der Waals surface area contributed by atoms with Crippen LogP contribution in [0.4, 0.5) is 0 Å². The van der Waals surface area contributed by atoms with Gasteiger partial charge in [-0.15, -0.1) is 24.0 Å². The Hall–Kier alpha value is 0.350. The first-order valence-corrected chi connectivity index (χ1v) is 7.30. The van der Waals surface area contributed by atoms with Crippen LogP contribution in [0.25, 0.3) is 0 Å². The lowest BCUT2D eigenvalue weighted by atomic mass is 10.4. The van der Waals surface area contributed by atoms with Crippen molar-refractivity contribution in [3.05, 3.63) is 0 Å². The summed E-state index contributed by atoms with van der Waals surface area (Å²) < 4.78 is 0. The first-order valence-electron chi connectivity index (χ1n) is 5.90. The van der Waals surface area contributed by atoms with Crippen LogP contribution in [0.5, 0.6) is 0 Å². The van der Waals surface area contributed by atoms with E-state index in [-0.39, 0.29) is 24.0 Å². The van der Waals surface area contributed by atoms with Crippen LogP contribution in [0.2, 0.25) is 0 Å². The fraction of sp³-hybridized carbons (Fsp3) is 0.909. The molecule has 0 amide bonds. The number of nitrogens with one attached hydrogen (secondary N) is 1. The van der Waals surface area contributed by atoms with E-state index in [2.05, 4.69) is 28.4 Å². The summed E-state index contributed by atoms with van der Waals surface area (Å²) in [5.41, 5.74) is 0. The minimum absolute atomic E-state index is 0. The molecule has 0 bridgehead atoms. The number of likely N-dealkylation sites (tertiary alicyclic amines) is 1. The molecule has 1 N–H and O–H groups in total. The maximum atomic E-state index is 4.65. The van der Waals surface area contributed by atoms with Crippen LogP contribution in [-0.2, 0) is 0 Å². The van der Waals surface area contributed by atoms with Crippen molar-refractivity contribution < 1.29 is 0 Å². The lowest BCUT2D eigenvalue weighted by molar-refractivity contribution is 0.494. The zero-order valence-corrected chi connectivity index (χ0v) is 13.5. The largest absolute Gasteiger partial charge is 0.357 e. The van der Waals surface area contributed by atoms with E-state index in [4.69, 9.17) is 0 Å². The number of hydrogen-bond donors (Lipinski definition) is 1. The number of guanidine groups is 1. The first-order chi connectivity index (χ1) is 7.38. The molecule has 0 unspecified atom stereocenters. The van der Waals surface area contributed by atoms with Gasteiger partial charge in [0.05, 0.1) is 0 Å². The van der Waals surface area contributed by atoms with Gasteiger partial charge in [0.25, 0.3) is 0 Å². The van der Waals surface area contributed by atoms with Crippen molar-refractivity contribution in [1.82, 2.24) is 10.2 Å². The first kappa shape index (κ1) is 16.4. The molecule has 1 saturated heterocycles. The summed E-state index contributed by atoms with van der Waals surface area (Å²) in [5, 5.41) is 3.37. The normalized spacial score (nSPS) is 16.1. The lowest BCUT2D eigenvalue weighted by Gasteiger charge is -2.20. The SMILES string of the molecule is CCNC(=NCCCSC)N1CCCC1.I. The number of halogens is 1. The van der Waals surface area contributed by atoms with Crippen molar-refractivity contribution in [1.29, 1.82) is 0 Å². The molecule has 16 heavy (non-hydrogen) atoms. The van der Waals surface area contributed by atoms with E-state index in [1.807, 2.05) is 11.8 Å². The minimum Gasteiger partial charge on any atom is -0.357 e. The summed E-state index contributed by atoms with van der Waals surface area (Å²) in [4.78, 5) is 7.03. The molecule has 0 radical (unpaired) electrons. The molecule has 5 heteroatoms. The second kappa shape index (κ2) is 10.5. The predicted octanol–water partition coefficient (Wildman–Crippen LogP) is 2.42. The van der Waals surface area contributed by atoms with Crippen LogP contribution >= 0.6 is 35.7 Å². The van der Waals surface area contributed by atoms with E-state index in [1.165, 1.54) is 38.1 Å². The Bertz CT molecular complexity index is 194. The van der Waals surface area contributed by atoms with Crippen molar-refractivity contribution >= 4 is 41.7 Å². The third-order valence-corrected chi connectivity index (χ3v) is 3.21. The van der Waals surface area contributed by atoms with E-state index in [1.54, 1.807) is 0 Å². The topological polar surface area (TPSA) is 27.6 Å². The average Bonchev–Trinajstić information content (AvgIpc) is 2.76. The monoisotopic (exact) mass is 357 g/mol. The van der Waals surface area contributed by atoms with Crippen LogP contribution in [0.15, 0.2) is 4.99 Å². The van der Waals surface area contributed by atoms with E-state index in [0.717, 1.165) is 19.0 Å². The number of hydrogen-bond acceptors (Lipinski definition) is 2. The molecule has 0 atom stereocenters. The summed E-state index contributed by atoms with van der Waals surface area (Å²) in [7, 11) is 0. The molecular weight excluding hydrogens is 333 g/mol.